The predicted molar refractivity (Wildman–Crippen MR) is 82.4 cm³/mol. The molecule has 0 spiro atoms. The summed E-state index contributed by atoms with van der Waals surface area (Å²) >= 11 is 0. The molecule has 0 aliphatic heterocycles. The van der Waals surface area contributed by atoms with E-state index in [1.165, 1.54) is 24.0 Å². The van der Waals surface area contributed by atoms with E-state index in [0.29, 0.717) is 12.0 Å². The molecule has 21 heavy (non-hydrogen) atoms. The highest BCUT2D eigenvalue weighted by Crippen LogP contribution is 2.36. The maximum Gasteiger partial charge on any atom is 0.257 e. The lowest BCUT2D eigenvalue weighted by molar-refractivity contribution is -0.123. The van der Waals surface area contributed by atoms with Gasteiger partial charge < -0.3 is 15.4 Å². The maximum absolute atomic E-state index is 11.8. The van der Waals surface area contributed by atoms with E-state index in [4.69, 9.17) is 4.74 Å². The van der Waals surface area contributed by atoms with Crippen molar-refractivity contribution in [1.29, 1.82) is 0 Å². The number of benzene rings is 1. The van der Waals surface area contributed by atoms with Gasteiger partial charge in [-0.05, 0) is 55.3 Å². The molecular weight excluding hydrogens is 264 g/mol. The van der Waals surface area contributed by atoms with Gasteiger partial charge in [-0.2, -0.15) is 0 Å². The number of ether oxygens (including phenoxy) is 1. The summed E-state index contributed by atoms with van der Waals surface area (Å²) in [6.07, 6.45) is 4.63. The van der Waals surface area contributed by atoms with Gasteiger partial charge in [-0.25, -0.2) is 0 Å². The Morgan fingerprint density at radius 1 is 1.33 bits per heavy atom. The van der Waals surface area contributed by atoms with Gasteiger partial charge in [-0.3, -0.25) is 4.79 Å². The number of hydrogen-bond acceptors (Lipinski definition) is 3. The van der Waals surface area contributed by atoms with Crippen molar-refractivity contribution in [1.82, 2.24) is 10.6 Å². The first-order valence-corrected chi connectivity index (χ1v) is 8.02. The quantitative estimate of drug-likeness (QED) is 0.808. The molecule has 2 aliphatic carbocycles. The normalized spacial score (nSPS) is 20.1. The topological polar surface area (TPSA) is 50.4 Å². The fourth-order valence-electron chi connectivity index (χ4n) is 2.99. The van der Waals surface area contributed by atoms with Gasteiger partial charge in [0.15, 0.2) is 6.61 Å². The zero-order valence-corrected chi connectivity index (χ0v) is 12.7. The average Bonchev–Trinajstić information content (AvgIpc) is 3.24. The number of rotatable bonds is 7. The van der Waals surface area contributed by atoms with E-state index in [-0.39, 0.29) is 12.5 Å². The fourth-order valence-corrected chi connectivity index (χ4v) is 2.99. The molecule has 3 rings (SSSR count). The second kappa shape index (κ2) is 6.48. The van der Waals surface area contributed by atoms with Crippen LogP contribution in [0.15, 0.2) is 18.2 Å². The van der Waals surface area contributed by atoms with E-state index in [0.717, 1.165) is 31.7 Å². The molecule has 0 heterocycles. The van der Waals surface area contributed by atoms with Crippen molar-refractivity contribution in [3.63, 3.8) is 0 Å². The van der Waals surface area contributed by atoms with Crippen LogP contribution in [0, 0.1) is 5.92 Å². The summed E-state index contributed by atoms with van der Waals surface area (Å²) in [6.45, 7) is 4.02. The summed E-state index contributed by atoms with van der Waals surface area (Å²) in [5.41, 5.74) is 2.59. The lowest BCUT2D eigenvalue weighted by Crippen LogP contribution is -2.30. The third-order valence-electron chi connectivity index (χ3n) is 4.32. The van der Waals surface area contributed by atoms with Crippen LogP contribution in [0.3, 0.4) is 0 Å². The van der Waals surface area contributed by atoms with Gasteiger partial charge in [0.05, 0.1) is 0 Å². The van der Waals surface area contributed by atoms with Crippen molar-refractivity contribution in [2.24, 2.45) is 5.92 Å². The predicted octanol–water partition coefficient (Wildman–Crippen LogP) is 2.19. The zero-order chi connectivity index (χ0) is 14.7. The van der Waals surface area contributed by atoms with Gasteiger partial charge in [0.25, 0.3) is 5.91 Å². The molecule has 0 radical (unpaired) electrons. The summed E-state index contributed by atoms with van der Waals surface area (Å²) in [5.74, 6) is 1.56. The van der Waals surface area contributed by atoms with Crippen molar-refractivity contribution in [2.75, 3.05) is 19.7 Å². The molecule has 1 fully saturated rings. The molecule has 2 aliphatic rings. The molecule has 1 amide bonds. The molecule has 4 heteroatoms. The van der Waals surface area contributed by atoms with Gasteiger partial charge in [0, 0.05) is 12.6 Å². The molecule has 2 N–H and O–H groups in total. The molecular formula is C17H24N2O2. The Kier molecular flexibility index (Phi) is 4.44. The van der Waals surface area contributed by atoms with Crippen LogP contribution in [0.5, 0.6) is 5.75 Å². The van der Waals surface area contributed by atoms with Gasteiger partial charge in [-0.1, -0.05) is 19.1 Å². The molecule has 0 saturated heterocycles. The minimum absolute atomic E-state index is 0.0132. The monoisotopic (exact) mass is 288 g/mol. The van der Waals surface area contributed by atoms with Gasteiger partial charge >= 0.3 is 0 Å². The summed E-state index contributed by atoms with van der Waals surface area (Å²) in [6, 6.07) is 6.58. The number of carbonyl (C=O) groups is 1. The summed E-state index contributed by atoms with van der Waals surface area (Å²) in [5, 5.41) is 6.43. The first-order valence-electron chi connectivity index (χ1n) is 8.02. The first kappa shape index (κ1) is 14.4. The minimum Gasteiger partial charge on any atom is -0.483 e. The first-order chi connectivity index (χ1) is 10.3. The highest BCUT2D eigenvalue weighted by atomic mass is 16.5. The highest BCUT2D eigenvalue weighted by Gasteiger charge is 2.25. The third kappa shape index (κ3) is 3.56. The maximum atomic E-state index is 11.8. The minimum atomic E-state index is -0.0132. The number of amides is 1. The Labute approximate surface area is 126 Å². The second-order valence-electron chi connectivity index (χ2n) is 6.01. The van der Waals surface area contributed by atoms with E-state index in [2.05, 4.69) is 23.6 Å². The van der Waals surface area contributed by atoms with Crippen LogP contribution in [-0.2, 0) is 11.2 Å². The number of nitrogens with one attached hydrogen (secondary N) is 2. The Hall–Kier alpha value is -1.55. The molecule has 1 saturated carbocycles. The van der Waals surface area contributed by atoms with Crippen LogP contribution >= 0.6 is 0 Å². The van der Waals surface area contributed by atoms with Crippen LogP contribution in [0.1, 0.15) is 43.4 Å². The smallest absolute Gasteiger partial charge is 0.257 e. The summed E-state index contributed by atoms with van der Waals surface area (Å²) in [4.78, 5) is 11.8. The van der Waals surface area contributed by atoms with Crippen LogP contribution in [-0.4, -0.2) is 25.6 Å². The van der Waals surface area contributed by atoms with E-state index < -0.39 is 0 Å². The molecule has 0 bridgehead atoms. The lowest BCUT2D eigenvalue weighted by Gasteiger charge is -2.14. The highest BCUT2D eigenvalue weighted by molar-refractivity contribution is 5.77. The Morgan fingerprint density at radius 3 is 2.95 bits per heavy atom. The second-order valence-corrected chi connectivity index (χ2v) is 6.01. The number of hydrogen-bond donors (Lipinski definition) is 2. The van der Waals surface area contributed by atoms with Gasteiger partial charge in [0.1, 0.15) is 5.75 Å². The largest absolute Gasteiger partial charge is 0.483 e. The molecule has 1 unspecified atom stereocenters. The lowest BCUT2D eigenvalue weighted by atomic mass is 10.1. The van der Waals surface area contributed by atoms with Crippen molar-refractivity contribution >= 4 is 5.91 Å². The molecule has 4 nitrogen and oxygen atoms in total. The summed E-state index contributed by atoms with van der Waals surface area (Å²) < 4.78 is 5.75. The van der Waals surface area contributed by atoms with Crippen LogP contribution in [0.2, 0.25) is 0 Å². The number of carbonyl (C=O) groups excluding carboxylic acids is 1. The number of fused-ring (bicyclic) bond motifs is 1. The van der Waals surface area contributed by atoms with Crippen LogP contribution < -0.4 is 15.4 Å². The van der Waals surface area contributed by atoms with Crippen LogP contribution in [0.25, 0.3) is 0 Å². The fraction of sp³-hybridized carbons (Fsp3) is 0.588. The van der Waals surface area contributed by atoms with E-state index in [1.807, 2.05) is 12.1 Å². The molecule has 114 valence electrons. The Bertz CT molecular complexity index is 512. The van der Waals surface area contributed by atoms with Gasteiger partial charge in [-0.15, -0.1) is 0 Å². The van der Waals surface area contributed by atoms with E-state index in [9.17, 15) is 4.79 Å². The molecule has 0 aromatic heterocycles. The Morgan fingerprint density at radius 2 is 2.19 bits per heavy atom. The van der Waals surface area contributed by atoms with Crippen molar-refractivity contribution < 1.29 is 9.53 Å². The Balaban J connectivity index is 1.57. The molecule has 1 aromatic rings. The standard InChI is InChI=1S/C17H24N2O2/c1-2-18-15-9-8-14-13(15)4-3-5-16(14)21-11-17(20)19-10-12-6-7-12/h3-5,12,15,18H,2,6-11H2,1H3,(H,19,20). The van der Waals surface area contributed by atoms with Crippen molar-refractivity contribution in [3.8, 4) is 5.75 Å². The van der Waals surface area contributed by atoms with Crippen molar-refractivity contribution in [3.05, 3.63) is 29.3 Å². The summed E-state index contributed by atoms with van der Waals surface area (Å²) in [7, 11) is 0. The molecule has 1 aromatic carbocycles. The van der Waals surface area contributed by atoms with E-state index in [1.54, 1.807) is 0 Å². The third-order valence-corrected chi connectivity index (χ3v) is 4.32. The van der Waals surface area contributed by atoms with Crippen LogP contribution in [0.4, 0.5) is 0 Å². The van der Waals surface area contributed by atoms with E-state index >= 15 is 0 Å². The molecule has 1 atom stereocenters. The van der Waals surface area contributed by atoms with Gasteiger partial charge in [0.2, 0.25) is 0 Å². The van der Waals surface area contributed by atoms with Crippen molar-refractivity contribution in [2.45, 2.75) is 38.6 Å². The SMILES string of the molecule is CCNC1CCc2c(OCC(=O)NCC3CC3)cccc21. The average molecular weight is 288 g/mol. The zero-order valence-electron chi connectivity index (χ0n) is 12.7.